The highest BCUT2D eigenvalue weighted by atomic mass is 32.2. The lowest BCUT2D eigenvalue weighted by Gasteiger charge is -2.51. The fourth-order valence-corrected chi connectivity index (χ4v) is 7.72. The number of halogens is 2. The molecule has 9 nitrogen and oxygen atoms in total. The topological polar surface area (TPSA) is 142 Å². The van der Waals surface area contributed by atoms with E-state index >= 15 is 4.39 Å². The lowest BCUT2D eigenvalue weighted by atomic mass is 9.64. The number of rotatable bonds is 9. The Balaban J connectivity index is 1.85. The summed E-state index contributed by atoms with van der Waals surface area (Å²) in [5.41, 5.74) is 4.88. The maximum atomic E-state index is 15.2. The molecule has 0 bridgehead atoms. The number of aliphatic carboxylic acids is 1. The van der Waals surface area contributed by atoms with E-state index in [2.05, 4.69) is 10.2 Å². The second-order valence-corrected chi connectivity index (χ2v) is 12.0. The Labute approximate surface area is 242 Å². The van der Waals surface area contributed by atoms with Crippen LogP contribution in [0.3, 0.4) is 0 Å². The second kappa shape index (κ2) is 11.1. The van der Waals surface area contributed by atoms with Crippen LogP contribution in [-0.4, -0.2) is 48.8 Å². The largest absolute Gasteiger partial charge is 0.478 e. The van der Waals surface area contributed by atoms with Crippen LogP contribution in [0, 0.1) is 18.6 Å². The molecule has 2 unspecified atom stereocenters. The van der Waals surface area contributed by atoms with Crippen molar-refractivity contribution in [3.8, 4) is 0 Å². The van der Waals surface area contributed by atoms with Gasteiger partial charge in [0.25, 0.3) is 0 Å². The number of aryl methyl sites for hydroxylation is 1. The first-order chi connectivity index (χ1) is 19.6. The molecule has 0 saturated carbocycles. The maximum absolute atomic E-state index is 15.2. The third-order valence-electron chi connectivity index (χ3n) is 7.13. The molecule has 1 aliphatic heterocycles. The number of anilines is 1. The van der Waals surface area contributed by atoms with Gasteiger partial charge in [-0.1, -0.05) is 59.5 Å². The van der Waals surface area contributed by atoms with Gasteiger partial charge in [0.05, 0.1) is 11.0 Å². The molecule has 0 radical (unpaired) electrons. The van der Waals surface area contributed by atoms with Crippen LogP contribution < -0.4 is 10.7 Å². The average Bonchev–Trinajstić information content (AvgIpc) is 3.57. The number of aromatic nitrogens is 2. The van der Waals surface area contributed by atoms with Gasteiger partial charge in [-0.2, -0.15) is 5.10 Å². The summed E-state index contributed by atoms with van der Waals surface area (Å²) in [6, 6.07) is 9.43. The summed E-state index contributed by atoms with van der Waals surface area (Å²) in [6.07, 6.45) is 5.36. The molecule has 0 spiro atoms. The van der Waals surface area contributed by atoms with Crippen molar-refractivity contribution < 1.29 is 28.6 Å². The number of carboxylic acids is 2. The minimum absolute atomic E-state index is 0.0321. The van der Waals surface area contributed by atoms with Crippen LogP contribution in [0.2, 0.25) is 0 Å². The zero-order valence-corrected chi connectivity index (χ0v) is 23.4. The molecule has 3 aromatic rings. The fourth-order valence-electron chi connectivity index (χ4n) is 5.35. The van der Waals surface area contributed by atoms with Crippen LogP contribution in [0.1, 0.15) is 45.8 Å². The van der Waals surface area contributed by atoms with E-state index in [9.17, 15) is 24.2 Å². The highest BCUT2D eigenvalue weighted by Crippen LogP contribution is 2.60. The van der Waals surface area contributed by atoms with Crippen molar-refractivity contribution in [3.63, 3.8) is 0 Å². The van der Waals surface area contributed by atoms with Crippen molar-refractivity contribution in [2.45, 2.75) is 36.5 Å². The monoisotopic (exact) mass is 597 g/mol. The predicted octanol–water partition coefficient (Wildman–Crippen LogP) is 5.08. The third kappa shape index (κ3) is 4.94. The molecular formula is C28H25F2N5O4S2. The average molecular weight is 598 g/mol. The highest BCUT2D eigenvalue weighted by Gasteiger charge is 2.61. The normalized spacial score (nSPS) is 22.0. The summed E-state index contributed by atoms with van der Waals surface area (Å²) in [5, 5.41) is 36.2. The molecule has 0 saturated heterocycles. The Hall–Kier alpha value is -3.94. The molecule has 2 atom stereocenters. The highest BCUT2D eigenvalue weighted by molar-refractivity contribution is 8.16. The van der Waals surface area contributed by atoms with Crippen LogP contribution in [-0.2, 0) is 10.2 Å². The zero-order valence-electron chi connectivity index (χ0n) is 21.8. The number of thioether (sulfide) groups is 1. The van der Waals surface area contributed by atoms with E-state index in [1.807, 2.05) is 0 Å². The fraction of sp³-hybridized carbons (Fsp3) is 0.250. The summed E-state index contributed by atoms with van der Waals surface area (Å²) in [7, 11) is 0. The predicted molar refractivity (Wildman–Crippen MR) is 153 cm³/mol. The Morgan fingerprint density at radius 1 is 1.12 bits per heavy atom. The Bertz CT molecular complexity index is 1620. The van der Waals surface area contributed by atoms with Crippen molar-refractivity contribution in [3.05, 3.63) is 99.6 Å². The van der Waals surface area contributed by atoms with Crippen molar-refractivity contribution in [1.29, 1.82) is 0 Å². The summed E-state index contributed by atoms with van der Waals surface area (Å²) in [4.78, 5) is 23.6. The van der Waals surface area contributed by atoms with Crippen LogP contribution >= 0.6 is 23.1 Å². The van der Waals surface area contributed by atoms with Crippen LogP contribution in [0.5, 0.6) is 0 Å². The first-order valence-corrected chi connectivity index (χ1v) is 14.2. The molecule has 4 N–H and O–H groups in total. The van der Waals surface area contributed by atoms with Crippen molar-refractivity contribution in [1.82, 2.24) is 10.2 Å². The van der Waals surface area contributed by atoms with Crippen molar-refractivity contribution >= 4 is 45.2 Å². The van der Waals surface area contributed by atoms with Crippen molar-refractivity contribution in [2.75, 3.05) is 11.6 Å². The number of allylic oxidation sites excluding steroid dienone is 2. The molecule has 5 rings (SSSR count). The lowest BCUT2D eigenvalue weighted by Crippen LogP contribution is -2.58. The van der Waals surface area contributed by atoms with Gasteiger partial charge in [0.15, 0.2) is 0 Å². The van der Waals surface area contributed by atoms with Crippen LogP contribution in [0.4, 0.5) is 13.9 Å². The number of nitrogens with zero attached hydrogens (tertiary/aromatic N) is 4. The molecule has 2 aliphatic rings. The van der Waals surface area contributed by atoms with Crippen LogP contribution in [0.25, 0.3) is 0 Å². The SMILES string of the molecule is Cc1nnc(N2N=C(c3cc(F)ccc3F)SC2(CCCN)C2(c3ccccc3C(=O)O)C=CC=C(C(=O)O)C2)s1. The number of benzene rings is 2. The van der Waals surface area contributed by atoms with Gasteiger partial charge in [0, 0.05) is 11.1 Å². The first kappa shape index (κ1) is 28.6. The summed E-state index contributed by atoms with van der Waals surface area (Å²) < 4.78 is 29.5. The van der Waals surface area contributed by atoms with E-state index in [0.29, 0.717) is 22.1 Å². The van der Waals surface area contributed by atoms with Gasteiger partial charge in [-0.05, 0) is 62.6 Å². The smallest absolute Gasteiger partial charge is 0.335 e. The number of hydrogen-bond donors (Lipinski definition) is 3. The van der Waals surface area contributed by atoms with E-state index in [-0.39, 0.29) is 41.1 Å². The molecule has 2 aromatic carbocycles. The molecule has 1 aliphatic carbocycles. The summed E-state index contributed by atoms with van der Waals surface area (Å²) in [5.74, 6) is -3.74. The molecule has 41 heavy (non-hydrogen) atoms. The first-order valence-electron chi connectivity index (χ1n) is 12.6. The number of carboxylic acid groups (broad SMARTS) is 2. The van der Waals surface area contributed by atoms with E-state index in [0.717, 1.165) is 30.0 Å². The van der Waals surface area contributed by atoms with Crippen LogP contribution in [0.15, 0.2) is 71.4 Å². The molecule has 2 heterocycles. The molecule has 212 valence electrons. The van der Waals surface area contributed by atoms with Gasteiger partial charge >= 0.3 is 11.9 Å². The van der Waals surface area contributed by atoms with E-state index in [1.54, 1.807) is 42.3 Å². The van der Waals surface area contributed by atoms with Gasteiger partial charge in [0.1, 0.15) is 26.6 Å². The van der Waals surface area contributed by atoms with Gasteiger partial charge in [-0.15, -0.1) is 10.2 Å². The summed E-state index contributed by atoms with van der Waals surface area (Å²) >= 11 is 2.32. The number of nitrogens with two attached hydrogens (primary N) is 1. The van der Waals surface area contributed by atoms with E-state index in [4.69, 9.17) is 10.8 Å². The van der Waals surface area contributed by atoms with Gasteiger partial charge in [0.2, 0.25) is 5.13 Å². The zero-order chi connectivity index (χ0) is 29.4. The maximum Gasteiger partial charge on any atom is 0.335 e. The van der Waals surface area contributed by atoms with E-state index < -0.39 is 33.9 Å². The Kier molecular flexibility index (Phi) is 7.77. The summed E-state index contributed by atoms with van der Waals surface area (Å²) in [6.45, 7) is 2.00. The van der Waals surface area contributed by atoms with E-state index in [1.165, 1.54) is 23.5 Å². The van der Waals surface area contributed by atoms with Gasteiger partial charge in [-0.3, -0.25) is 0 Å². The number of hydrogen-bond acceptors (Lipinski definition) is 9. The molecular weight excluding hydrogens is 572 g/mol. The molecule has 1 aromatic heterocycles. The Morgan fingerprint density at radius 2 is 1.90 bits per heavy atom. The van der Waals surface area contributed by atoms with Gasteiger partial charge in [-0.25, -0.2) is 23.4 Å². The minimum atomic E-state index is -1.36. The quantitative estimate of drug-likeness (QED) is 0.308. The Morgan fingerprint density at radius 3 is 2.59 bits per heavy atom. The molecule has 13 heteroatoms. The number of hydrazone groups is 1. The lowest BCUT2D eigenvalue weighted by molar-refractivity contribution is -0.133. The molecule has 0 fully saturated rings. The second-order valence-electron chi connectivity index (χ2n) is 9.58. The molecule has 0 amide bonds. The standard InChI is InChI=1S/C28H25F2N5O4S2/c1-16-32-33-26(40-16)35-28(12-5-13-31,41-23(34-35)20-14-18(29)9-10-22(20)30)27(11-4-6-17(15-27)24(36)37)21-8-3-2-7-19(21)25(38)39/h2-4,6-11,14H,5,12-13,15,31H2,1H3,(H,36,37)(H,38,39). The van der Waals surface area contributed by atoms with Gasteiger partial charge < -0.3 is 15.9 Å². The number of aromatic carboxylic acids is 1. The third-order valence-corrected chi connectivity index (χ3v) is 9.52. The van der Waals surface area contributed by atoms with Crippen molar-refractivity contribution in [2.24, 2.45) is 10.8 Å². The minimum Gasteiger partial charge on any atom is -0.478 e. The number of carbonyl (C=O) groups is 2.